The van der Waals surface area contributed by atoms with Gasteiger partial charge >= 0.3 is 0 Å². The number of rotatable bonds is 3. The van der Waals surface area contributed by atoms with E-state index in [4.69, 9.17) is 28.3 Å². The lowest BCUT2D eigenvalue weighted by Gasteiger charge is -2.09. The molecule has 0 aliphatic rings. The molecule has 0 saturated carbocycles. The summed E-state index contributed by atoms with van der Waals surface area (Å²) < 4.78 is 39.6. The van der Waals surface area contributed by atoms with Gasteiger partial charge in [-0.05, 0) is 36.4 Å². The summed E-state index contributed by atoms with van der Waals surface area (Å²) in [7, 11) is -3.88. The summed E-state index contributed by atoms with van der Waals surface area (Å²) in [5.74, 6) is -0.877. The van der Waals surface area contributed by atoms with E-state index in [1.165, 1.54) is 24.3 Å². The first-order valence-corrected chi connectivity index (χ1v) is 7.50. The van der Waals surface area contributed by atoms with Gasteiger partial charge in [-0.15, -0.1) is 0 Å². The van der Waals surface area contributed by atoms with Crippen LogP contribution in [0.4, 0.5) is 10.1 Å². The molecule has 0 radical (unpaired) electrons. The van der Waals surface area contributed by atoms with Crippen LogP contribution in [-0.2, 0) is 10.0 Å². The molecule has 0 atom stereocenters. The first-order chi connectivity index (χ1) is 9.29. The fourth-order valence-corrected chi connectivity index (χ4v) is 2.98. The van der Waals surface area contributed by atoms with Gasteiger partial charge in [0, 0.05) is 0 Å². The molecule has 0 unspecified atom stereocenters. The monoisotopic (exact) mass is 335 g/mol. The fourth-order valence-electron chi connectivity index (χ4n) is 1.45. The van der Waals surface area contributed by atoms with Crippen molar-refractivity contribution >= 4 is 38.9 Å². The Morgan fingerprint density at radius 2 is 1.55 bits per heavy atom. The Balaban J connectivity index is 2.36. The summed E-state index contributed by atoms with van der Waals surface area (Å²) >= 11 is 11.2. The van der Waals surface area contributed by atoms with Crippen LogP contribution in [0.15, 0.2) is 41.3 Å². The Morgan fingerprint density at radius 1 is 1.05 bits per heavy atom. The first-order valence-electron chi connectivity index (χ1n) is 5.26. The molecule has 0 aliphatic heterocycles. The van der Waals surface area contributed by atoms with Crippen LogP contribution in [0, 0.1) is 5.82 Å². The molecule has 0 aliphatic carbocycles. The molecule has 0 saturated heterocycles. The molecule has 0 fully saturated rings. The number of sulfonamides is 1. The van der Waals surface area contributed by atoms with Crippen LogP contribution in [0.2, 0.25) is 10.0 Å². The van der Waals surface area contributed by atoms with Crippen molar-refractivity contribution in [2.45, 2.75) is 4.90 Å². The molecule has 0 spiro atoms. The average Bonchev–Trinajstić information content (AvgIpc) is 2.36. The molecular formula is C12H8Cl2FNO3S. The lowest BCUT2D eigenvalue weighted by atomic mass is 10.3. The number of benzene rings is 2. The summed E-state index contributed by atoms with van der Waals surface area (Å²) in [4.78, 5) is -0.0631. The van der Waals surface area contributed by atoms with E-state index in [1.807, 2.05) is 0 Å². The molecule has 8 heteroatoms. The second-order valence-electron chi connectivity index (χ2n) is 3.85. The molecule has 0 heterocycles. The molecule has 0 bridgehead atoms. The van der Waals surface area contributed by atoms with Gasteiger partial charge in [-0.2, -0.15) is 0 Å². The number of aromatic hydroxyl groups is 1. The second-order valence-corrected chi connectivity index (χ2v) is 6.35. The van der Waals surface area contributed by atoms with Crippen molar-refractivity contribution in [2.24, 2.45) is 0 Å². The SMILES string of the molecule is O=S(=O)(Nc1cc(Cl)c(F)c(Cl)c1)c1ccc(O)cc1. The zero-order valence-corrected chi connectivity index (χ0v) is 12.1. The highest BCUT2D eigenvalue weighted by molar-refractivity contribution is 7.92. The van der Waals surface area contributed by atoms with E-state index in [0.717, 1.165) is 12.1 Å². The smallest absolute Gasteiger partial charge is 0.261 e. The number of nitrogens with one attached hydrogen (secondary N) is 1. The summed E-state index contributed by atoms with van der Waals surface area (Å²) in [6.07, 6.45) is 0. The van der Waals surface area contributed by atoms with Crippen molar-refractivity contribution in [2.75, 3.05) is 4.72 Å². The van der Waals surface area contributed by atoms with E-state index >= 15 is 0 Å². The Bertz CT molecular complexity index is 725. The third-order valence-corrected chi connectivity index (χ3v) is 4.33. The predicted molar refractivity (Wildman–Crippen MR) is 75.3 cm³/mol. The van der Waals surface area contributed by atoms with E-state index in [9.17, 15) is 12.8 Å². The number of hydrogen-bond acceptors (Lipinski definition) is 3. The highest BCUT2D eigenvalue weighted by Crippen LogP contribution is 2.28. The zero-order chi connectivity index (χ0) is 14.9. The van der Waals surface area contributed by atoms with Crippen LogP contribution in [0.25, 0.3) is 0 Å². The predicted octanol–water partition coefficient (Wildman–Crippen LogP) is 3.64. The van der Waals surface area contributed by atoms with Gasteiger partial charge in [-0.25, -0.2) is 12.8 Å². The van der Waals surface area contributed by atoms with Crippen LogP contribution in [-0.4, -0.2) is 13.5 Å². The molecule has 2 N–H and O–H groups in total. The minimum atomic E-state index is -3.88. The van der Waals surface area contributed by atoms with E-state index in [0.29, 0.717) is 0 Å². The van der Waals surface area contributed by atoms with Crippen molar-refractivity contribution in [1.29, 1.82) is 0 Å². The summed E-state index contributed by atoms with van der Waals surface area (Å²) in [6, 6.07) is 7.15. The van der Waals surface area contributed by atoms with Gasteiger partial charge in [-0.1, -0.05) is 23.2 Å². The fraction of sp³-hybridized carbons (Fsp3) is 0. The first kappa shape index (κ1) is 14.9. The minimum Gasteiger partial charge on any atom is -0.508 e. The number of phenolic OH excluding ortho intramolecular Hbond substituents is 1. The summed E-state index contributed by atoms with van der Waals surface area (Å²) in [5.41, 5.74) is 0.0366. The molecule has 106 valence electrons. The zero-order valence-electron chi connectivity index (χ0n) is 9.77. The molecular weight excluding hydrogens is 328 g/mol. The van der Waals surface area contributed by atoms with E-state index < -0.39 is 15.8 Å². The molecule has 0 amide bonds. The quantitative estimate of drug-likeness (QED) is 0.841. The Hall–Kier alpha value is -1.50. The topological polar surface area (TPSA) is 66.4 Å². The minimum absolute atomic E-state index is 0.0366. The van der Waals surface area contributed by atoms with Gasteiger partial charge in [0.25, 0.3) is 10.0 Å². The largest absolute Gasteiger partial charge is 0.508 e. The van der Waals surface area contributed by atoms with Crippen molar-refractivity contribution < 1.29 is 17.9 Å². The van der Waals surface area contributed by atoms with Crippen molar-refractivity contribution in [3.05, 3.63) is 52.3 Å². The normalized spacial score (nSPS) is 11.3. The molecule has 4 nitrogen and oxygen atoms in total. The highest BCUT2D eigenvalue weighted by atomic mass is 35.5. The number of halogens is 3. The average molecular weight is 336 g/mol. The molecule has 2 aromatic rings. The van der Waals surface area contributed by atoms with Crippen molar-refractivity contribution in [3.63, 3.8) is 0 Å². The Kier molecular flexibility index (Phi) is 4.08. The van der Waals surface area contributed by atoms with Crippen LogP contribution >= 0.6 is 23.2 Å². The maximum Gasteiger partial charge on any atom is 0.261 e. The van der Waals surface area contributed by atoms with Crippen LogP contribution < -0.4 is 4.72 Å². The van der Waals surface area contributed by atoms with E-state index in [2.05, 4.69) is 4.72 Å². The van der Waals surface area contributed by atoms with Gasteiger partial charge < -0.3 is 5.11 Å². The Morgan fingerprint density at radius 3 is 2.05 bits per heavy atom. The highest BCUT2D eigenvalue weighted by Gasteiger charge is 2.16. The van der Waals surface area contributed by atoms with Crippen molar-refractivity contribution in [3.8, 4) is 5.75 Å². The van der Waals surface area contributed by atoms with E-state index in [1.54, 1.807) is 0 Å². The lowest BCUT2D eigenvalue weighted by molar-refractivity contribution is 0.475. The number of hydrogen-bond donors (Lipinski definition) is 2. The molecule has 2 aromatic carbocycles. The van der Waals surface area contributed by atoms with Crippen LogP contribution in [0.5, 0.6) is 5.75 Å². The van der Waals surface area contributed by atoms with Gasteiger partial charge in [0.2, 0.25) is 0 Å². The number of phenols is 1. The van der Waals surface area contributed by atoms with Gasteiger partial charge in [0.15, 0.2) is 5.82 Å². The summed E-state index contributed by atoms with van der Waals surface area (Å²) in [6.45, 7) is 0. The second kappa shape index (κ2) is 5.47. The number of anilines is 1. The van der Waals surface area contributed by atoms with E-state index in [-0.39, 0.29) is 26.4 Å². The maximum atomic E-state index is 13.2. The van der Waals surface area contributed by atoms with Gasteiger partial charge in [-0.3, -0.25) is 4.72 Å². The van der Waals surface area contributed by atoms with Crippen molar-refractivity contribution in [1.82, 2.24) is 0 Å². The molecule has 2 rings (SSSR count). The van der Waals surface area contributed by atoms with Crippen LogP contribution in [0.1, 0.15) is 0 Å². The van der Waals surface area contributed by atoms with Gasteiger partial charge in [0.05, 0.1) is 20.6 Å². The van der Waals surface area contributed by atoms with Gasteiger partial charge in [0.1, 0.15) is 5.75 Å². The summed E-state index contributed by atoms with van der Waals surface area (Å²) in [5, 5.41) is 8.54. The lowest BCUT2D eigenvalue weighted by Crippen LogP contribution is -2.12. The Labute approximate surface area is 124 Å². The third-order valence-electron chi connectivity index (χ3n) is 2.38. The molecule has 20 heavy (non-hydrogen) atoms. The van der Waals surface area contributed by atoms with Crippen LogP contribution in [0.3, 0.4) is 0 Å². The standard InChI is InChI=1S/C12H8Cl2FNO3S/c13-10-5-7(6-11(14)12(10)15)16-20(18,19)9-3-1-8(17)2-4-9/h1-6,16-17H. The third kappa shape index (κ3) is 3.15. The molecule has 0 aromatic heterocycles. The maximum absolute atomic E-state index is 13.2.